The normalized spacial score (nSPS) is 23.4. The Morgan fingerprint density at radius 2 is 1.10 bits per heavy atom. The molecule has 20 nitrogen and oxygen atoms in total. The lowest BCUT2D eigenvalue weighted by molar-refractivity contribution is -0.144. The second kappa shape index (κ2) is 27.4. The molecular formula is C55H80N8O12P2. The Balaban J connectivity index is 0.000000276. The van der Waals surface area contributed by atoms with Crippen LogP contribution in [0.4, 0.5) is 16.4 Å². The largest absolute Gasteiger partial charge is 0.516 e. The third-order valence-electron chi connectivity index (χ3n) is 13.9. The predicted octanol–water partition coefficient (Wildman–Crippen LogP) is 5.36. The molecule has 2 aliphatic heterocycles. The number of aliphatic hydroxyl groups excluding tert-OH is 4. The number of nitrogens with zero attached hydrogens (tertiary/aromatic N) is 6. The number of hydrogen-bond donors (Lipinski definition) is 7. The number of nitrogen functional groups attached to an aromatic ring is 2. The molecule has 3 aliphatic rings. The number of benzene rings is 2. The first-order chi connectivity index (χ1) is 36.4. The molecule has 7 rings (SSSR count). The standard InChI is InChI=1S/C35H45N4O7P.C20H35N4O5P/c1-22(33(42)46-35(43)44-21-27-25-14-7-5-12-23(25)24-13-6-8-15-26(24)27)11-9-10-18-37-34-38-29(36)16-19-39(34)32-31(41)30(40)28(45-32)17-20-47(2,3)4;1-13(19(27)28)7-5-6-10-22-20-23-15(21)8-11-24(20)18-17(26)16(25)14(29-18)9-12-30(2,3)4/h5-8,12-16,19,22,27-28,30-32,40-41H,2,9-11,17-18,20-21H2,1,3-4H3,(H2,36,37,38);8,11,13-14,16-18,25-26H,2,5-7,9-10,12H2,1,3-4H3,(H,27,28)(H2,21,22,23)/t22?,28-,30-,31-,32-;13?,14-,16-,17-,18-/m11/s1. The van der Waals surface area contributed by atoms with Crippen LogP contribution in [0.15, 0.2) is 83.0 Å². The molecule has 77 heavy (non-hydrogen) atoms. The van der Waals surface area contributed by atoms with Crippen LogP contribution in [0.3, 0.4) is 0 Å². The van der Waals surface area contributed by atoms with E-state index in [1.54, 1.807) is 47.5 Å². The summed E-state index contributed by atoms with van der Waals surface area (Å²) in [6.07, 6.45) is 10.4. The number of carbonyl (C=O) groups is 3. The van der Waals surface area contributed by atoms with Crippen molar-refractivity contribution < 1.29 is 58.9 Å². The van der Waals surface area contributed by atoms with Gasteiger partial charge in [0.25, 0.3) is 0 Å². The predicted molar refractivity (Wildman–Crippen MR) is 302 cm³/mol. The van der Waals surface area contributed by atoms with Crippen LogP contribution >= 0.6 is 13.8 Å². The molecule has 0 bridgehead atoms. The van der Waals surface area contributed by atoms with Gasteiger partial charge in [0, 0.05) is 31.4 Å². The highest BCUT2D eigenvalue weighted by molar-refractivity contribution is 7.72. The lowest BCUT2D eigenvalue weighted by Crippen LogP contribution is -2.36. The number of nitrogens with two attached hydrogens (primary N) is 2. The molecule has 2 unspecified atom stereocenters. The van der Waals surface area contributed by atoms with Crippen molar-refractivity contribution in [3.05, 3.63) is 95.4 Å². The number of carboxylic acid groups (broad SMARTS) is 1. The smallest absolute Gasteiger partial charge is 0.481 e. The molecule has 0 saturated carbocycles. The van der Waals surface area contributed by atoms with Gasteiger partial charge in [-0.2, -0.15) is 9.97 Å². The van der Waals surface area contributed by atoms with Crippen LogP contribution in [-0.4, -0.2) is 171 Å². The van der Waals surface area contributed by atoms with E-state index < -0.39 is 86.9 Å². The van der Waals surface area contributed by atoms with Crippen LogP contribution < -0.4 is 22.7 Å². The van der Waals surface area contributed by atoms with Crippen molar-refractivity contribution >= 4 is 56.1 Å². The van der Waals surface area contributed by atoms with E-state index in [9.17, 15) is 34.8 Å². The van der Waals surface area contributed by atoms with Crippen molar-refractivity contribution in [2.75, 3.05) is 70.1 Å². The van der Waals surface area contributed by atoms with Gasteiger partial charge in [0.1, 0.15) is 42.7 Å². The number of anilines is 2. The van der Waals surface area contributed by atoms with Gasteiger partial charge < -0.3 is 55.9 Å². The lowest BCUT2D eigenvalue weighted by Gasteiger charge is -2.19. The monoisotopic (exact) mass is 1110 g/mol. The summed E-state index contributed by atoms with van der Waals surface area (Å²) in [6, 6.07) is 19.2. The van der Waals surface area contributed by atoms with E-state index in [2.05, 4.69) is 71.3 Å². The summed E-state index contributed by atoms with van der Waals surface area (Å²) in [4.78, 5) is 53.6. The molecule has 10 atom stereocenters. The van der Waals surface area contributed by atoms with Crippen molar-refractivity contribution in [2.24, 2.45) is 21.8 Å². The minimum atomic E-state index is -1.32. The minimum Gasteiger partial charge on any atom is -0.481 e. The summed E-state index contributed by atoms with van der Waals surface area (Å²) in [5, 5.41) is 51.4. The fraction of sp³-hybridized carbons (Fsp3) is 0.545. The molecule has 4 heterocycles. The first-order valence-electron chi connectivity index (χ1n) is 26.3. The number of carbonyl (C=O) groups excluding carboxylic acids is 2. The molecule has 2 fully saturated rings. The molecular weight excluding hydrogens is 1030 g/mol. The second-order valence-corrected chi connectivity index (χ2v) is 30.3. The Morgan fingerprint density at radius 3 is 1.53 bits per heavy atom. The fourth-order valence-electron chi connectivity index (χ4n) is 9.37. The quantitative estimate of drug-likeness (QED) is 0.0226. The summed E-state index contributed by atoms with van der Waals surface area (Å²) in [7, 11) is 0. The van der Waals surface area contributed by atoms with E-state index in [1.807, 2.05) is 36.4 Å². The van der Waals surface area contributed by atoms with Gasteiger partial charge in [0.2, 0.25) is 11.2 Å². The van der Waals surface area contributed by atoms with Crippen LogP contribution in [-0.2, 0) is 28.5 Å². The topological polar surface area (TPSA) is 302 Å². The fourth-order valence-corrected chi connectivity index (χ4v) is 11.3. The molecule has 2 aromatic heterocycles. The van der Waals surface area contributed by atoms with Crippen molar-refractivity contribution in [3.8, 4) is 11.1 Å². The second-order valence-electron chi connectivity index (χ2n) is 21.7. The molecule has 0 amide bonds. The number of aliphatic carboxylic acids is 1. The van der Waals surface area contributed by atoms with Gasteiger partial charge in [-0.25, -0.2) is 4.79 Å². The van der Waals surface area contributed by atoms with Crippen LogP contribution in [0.1, 0.15) is 94.7 Å². The highest BCUT2D eigenvalue weighted by Crippen LogP contribution is 2.45. The maximum absolute atomic E-state index is 12.6. The SMILES string of the molecule is C=P(C)(C)CC[C@H]1O[C@@H](n2ccc(N)nc2=NCCCCC(C)C(=O)O)[C@H](O)[C@@H]1O.C=P(C)(C)CC[C@H]1O[C@@H](n2ccc(N)nc2=NCCCCC(C)C(=O)OC(=O)OCC2c3ccccc3-c3ccccc32)[C@H](O)[C@@H]1O. The first kappa shape index (κ1) is 60.8. The van der Waals surface area contributed by atoms with Gasteiger partial charge in [-0.1, -0.05) is 75.2 Å². The van der Waals surface area contributed by atoms with E-state index in [0.717, 1.165) is 41.0 Å². The Morgan fingerprint density at radius 1 is 0.675 bits per heavy atom. The molecule has 422 valence electrons. The highest BCUT2D eigenvalue weighted by Gasteiger charge is 2.45. The molecule has 4 aromatic rings. The van der Waals surface area contributed by atoms with Gasteiger partial charge in [-0.05, 0) is 112 Å². The number of aromatic nitrogens is 4. The Kier molecular flexibility index (Phi) is 21.7. The van der Waals surface area contributed by atoms with Gasteiger partial charge in [0.05, 0.1) is 24.0 Å². The summed E-state index contributed by atoms with van der Waals surface area (Å²) in [5.41, 5.74) is 16.7. The highest BCUT2D eigenvalue weighted by atomic mass is 31.2. The van der Waals surface area contributed by atoms with E-state index in [1.165, 1.54) is 0 Å². The van der Waals surface area contributed by atoms with E-state index in [-0.39, 0.29) is 35.7 Å². The summed E-state index contributed by atoms with van der Waals surface area (Å²) in [6.45, 7) is 10.2. The van der Waals surface area contributed by atoms with Crippen molar-refractivity contribution in [3.63, 3.8) is 0 Å². The molecule has 0 spiro atoms. The zero-order chi connectivity index (χ0) is 56.2. The maximum Gasteiger partial charge on any atom is 0.516 e. The average molecular weight is 1110 g/mol. The zero-order valence-corrected chi connectivity index (χ0v) is 47.0. The molecule has 2 saturated heterocycles. The number of rotatable bonds is 22. The van der Waals surface area contributed by atoms with Gasteiger partial charge in [0.15, 0.2) is 12.5 Å². The Bertz CT molecular complexity index is 2860. The zero-order valence-electron chi connectivity index (χ0n) is 45.2. The molecule has 9 N–H and O–H groups in total. The molecule has 1 aliphatic carbocycles. The van der Waals surface area contributed by atoms with Crippen LogP contribution in [0.2, 0.25) is 0 Å². The lowest BCUT2D eigenvalue weighted by atomic mass is 9.98. The summed E-state index contributed by atoms with van der Waals surface area (Å²) >= 11 is 0. The van der Waals surface area contributed by atoms with Crippen molar-refractivity contribution in [1.82, 2.24) is 19.1 Å². The average Bonchev–Trinajstić information content (AvgIpc) is 3.99. The summed E-state index contributed by atoms with van der Waals surface area (Å²) in [5.74, 6) is -1.91. The van der Waals surface area contributed by atoms with Gasteiger partial charge in [-0.3, -0.25) is 28.7 Å². The van der Waals surface area contributed by atoms with Crippen molar-refractivity contribution in [1.29, 1.82) is 0 Å². The molecule has 2 aromatic carbocycles. The minimum absolute atomic E-state index is 0.0756. The Labute approximate surface area is 451 Å². The number of ether oxygens (including phenoxy) is 4. The first-order valence-corrected chi connectivity index (χ1v) is 32.4. The number of unbranched alkanes of at least 4 members (excludes halogenated alkanes) is 2. The van der Waals surface area contributed by atoms with E-state index in [0.29, 0.717) is 63.7 Å². The number of esters is 1. The van der Waals surface area contributed by atoms with E-state index >= 15 is 0 Å². The number of aliphatic hydroxyl groups is 4. The maximum atomic E-state index is 12.6. The number of carboxylic acids is 1. The third kappa shape index (κ3) is 17.0. The number of hydrogen-bond acceptors (Lipinski definition) is 17. The summed E-state index contributed by atoms with van der Waals surface area (Å²) < 4.78 is 25.6. The number of fused-ring (bicyclic) bond motifs is 3. The van der Waals surface area contributed by atoms with Crippen LogP contribution in [0.25, 0.3) is 11.1 Å². The van der Waals surface area contributed by atoms with Gasteiger partial charge >= 0.3 is 18.1 Å². The Hall–Kier alpha value is -5.43. The van der Waals surface area contributed by atoms with Crippen molar-refractivity contribution in [2.45, 2.75) is 120 Å². The van der Waals surface area contributed by atoms with Gasteiger partial charge in [-0.15, -0.1) is 26.4 Å². The van der Waals surface area contributed by atoms with Crippen LogP contribution in [0, 0.1) is 11.8 Å². The van der Waals surface area contributed by atoms with Crippen LogP contribution in [0.5, 0.6) is 0 Å². The van der Waals surface area contributed by atoms with E-state index in [4.69, 9.17) is 35.5 Å². The third-order valence-corrected chi connectivity index (χ3v) is 16.9. The molecule has 22 heteroatoms. The molecule has 0 radical (unpaired) electrons.